The number of carbonyl (C=O) groups is 2. The number of nitrogens with one attached hydrogen (secondary N) is 3. The van der Waals surface area contributed by atoms with Gasteiger partial charge < -0.3 is 20.7 Å². The van der Waals surface area contributed by atoms with E-state index in [0.29, 0.717) is 33.8 Å². The Kier molecular flexibility index (Phi) is 7.75. The number of hydrogen-bond donors (Lipinski definition) is 3. The Morgan fingerprint density at radius 1 is 1.24 bits per heavy atom. The predicted molar refractivity (Wildman–Crippen MR) is 131 cm³/mol. The zero-order valence-electron chi connectivity index (χ0n) is 19.0. The molecule has 2 saturated carbocycles. The van der Waals surface area contributed by atoms with Crippen LogP contribution in [0, 0.1) is 5.92 Å². The summed E-state index contributed by atoms with van der Waals surface area (Å²) in [5.74, 6) is 0.710. The van der Waals surface area contributed by atoms with Crippen molar-refractivity contribution >= 4 is 40.4 Å². The minimum Gasteiger partial charge on any atom is -0.480 e. The molecule has 0 saturated heterocycles. The standard InChI is InChI=1S/C24H31ClN4O3S/c1-14(27-19-12-16(25)13-26-24(19)32-2)20-9-10-21(33-20)23(31)29-18(11-15-5-3-4-6-15)22(30)28-17-7-8-17/h9-10,12-15,17-18,27H,3-8,11H2,1-2H3,(H,28,30)(H,29,31). The fraction of sp³-hybridized carbons (Fsp3) is 0.542. The van der Waals surface area contributed by atoms with Crippen LogP contribution in [0.1, 0.15) is 72.5 Å². The van der Waals surface area contributed by atoms with Crippen LogP contribution in [0.5, 0.6) is 5.88 Å². The lowest BCUT2D eigenvalue weighted by Crippen LogP contribution is -2.48. The Hall–Kier alpha value is -2.32. The van der Waals surface area contributed by atoms with Gasteiger partial charge in [0.05, 0.1) is 28.7 Å². The number of nitrogens with zero attached hydrogens (tertiary/aromatic N) is 1. The van der Waals surface area contributed by atoms with E-state index in [4.69, 9.17) is 16.3 Å². The van der Waals surface area contributed by atoms with Gasteiger partial charge in [0.1, 0.15) is 6.04 Å². The van der Waals surface area contributed by atoms with Crippen molar-refractivity contribution < 1.29 is 14.3 Å². The normalized spacial score (nSPS) is 17.9. The zero-order chi connectivity index (χ0) is 23.4. The van der Waals surface area contributed by atoms with Gasteiger partial charge in [0.2, 0.25) is 11.8 Å². The van der Waals surface area contributed by atoms with Gasteiger partial charge >= 0.3 is 0 Å². The minimum absolute atomic E-state index is 0.0508. The Balaban J connectivity index is 1.41. The van der Waals surface area contributed by atoms with E-state index in [-0.39, 0.29) is 23.9 Å². The van der Waals surface area contributed by atoms with Crippen LogP contribution in [0.15, 0.2) is 24.4 Å². The van der Waals surface area contributed by atoms with Crippen LogP contribution in [0.25, 0.3) is 0 Å². The quantitative estimate of drug-likeness (QED) is 0.439. The summed E-state index contributed by atoms with van der Waals surface area (Å²) in [6, 6.07) is 5.21. The monoisotopic (exact) mass is 490 g/mol. The number of methoxy groups -OCH3 is 1. The van der Waals surface area contributed by atoms with Crippen molar-refractivity contribution in [1.29, 1.82) is 0 Å². The number of amides is 2. The highest BCUT2D eigenvalue weighted by Crippen LogP contribution is 2.32. The molecule has 7 nitrogen and oxygen atoms in total. The van der Waals surface area contributed by atoms with Gasteiger partial charge in [-0.05, 0) is 50.3 Å². The molecule has 4 rings (SSSR count). The summed E-state index contributed by atoms with van der Waals surface area (Å²) < 4.78 is 5.30. The summed E-state index contributed by atoms with van der Waals surface area (Å²) in [5, 5.41) is 9.93. The Morgan fingerprint density at radius 3 is 2.70 bits per heavy atom. The highest BCUT2D eigenvalue weighted by Gasteiger charge is 2.31. The van der Waals surface area contributed by atoms with Crippen molar-refractivity contribution in [2.45, 2.75) is 70.0 Å². The van der Waals surface area contributed by atoms with Crippen LogP contribution in [0.2, 0.25) is 5.02 Å². The third-order valence-corrected chi connectivity index (χ3v) is 7.72. The van der Waals surface area contributed by atoms with Crippen molar-refractivity contribution in [2.24, 2.45) is 5.92 Å². The molecule has 2 unspecified atom stereocenters. The lowest BCUT2D eigenvalue weighted by atomic mass is 9.97. The van der Waals surface area contributed by atoms with Crippen molar-refractivity contribution in [3.05, 3.63) is 39.2 Å². The number of halogens is 1. The zero-order valence-corrected chi connectivity index (χ0v) is 20.6. The molecule has 2 atom stereocenters. The van der Waals surface area contributed by atoms with Crippen molar-refractivity contribution in [2.75, 3.05) is 12.4 Å². The number of thiophene rings is 1. The van der Waals surface area contributed by atoms with E-state index < -0.39 is 6.04 Å². The largest absolute Gasteiger partial charge is 0.480 e. The highest BCUT2D eigenvalue weighted by molar-refractivity contribution is 7.14. The van der Waals surface area contributed by atoms with Gasteiger partial charge in [-0.2, -0.15) is 0 Å². The number of carbonyl (C=O) groups excluding carboxylic acids is 2. The Morgan fingerprint density at radius 2 is 2.00 bits per heavy atom. The van der Waals surface area contributed by atoms with E-state index in [1.165, 1.54) is 30.4 Å². The van der Waals surface area contributed by atoms with E-state index in [1.807, 2.05) is 19.1 Å². The molecule has 2 aromatic heterocycles. The van der Waals surface area contributed by atoms with Crippen LogP contribution in [-0.4, -0.2) is 36.0 Å². The van der Waals surface area contributed by atoms with Crippen LogP contribution in [-0.2, 0) is 4.79 Å². The smallest absolute Gasteiger partial charge is 0.262 e. The SMILES string of the molecule is COc1ncc(Cl)cc1NC(C)c1ccc(C(=O)NC(CC2CCCC2)C(=O)NC2CC2)s1. The second-order valence-corrected chi connectivity index (χ2v) is 10.5. The molecule has 178 valence electrons. The molecule has 2 aliphatic rings. The number of anilines is 1. The van der Waals surface area contributed by atoms with E-state index >= 15 is 0 Å². The van der Waals surface area contributed by atoms with Gasteiger partial charge in [-0.25, -0.2) is 4.98 Å². The number of aromatic nitrogens is 1. The second-order valence-electron chi connectivity index (χ2n) is 8.97. The van der Waals surface area contributed by atoms with E-state index in [9.17, 15) is 9.59 Å². The summed E-state index contributed by atoms with van der Waals surface area (Å²) in [6.45, 7) is 2.00. The number of pyridine rings is 1. The molecule has 0 bridgehead atoms. The number of hydrogen-bond acceptors (Lipinski definition) is 6. The van der Waals surface area contributed by atoms with Gasteiger partial charge in [-0.1, -0.05) is 37.3 Å². The first-order valence-corrected chi connectivity index (χ1v) is 12.8. The maximum atomic E-state index is 13.0. The van der Waals surface area contributed by atoms with Crippen molar-refractivity contribution in [1.82, 2.24) is 15.6 Å². The summed E-state index contributed by atoms with van der Waals surface area (Å²) >= 11 is 7.49. The average Bonchev–Trinajstić information content (AvgIpc) is 3.25. The third kappa shape index (κ3) is 6.38. The maximum Gasteiger partial charge on any atom is 0.262 e. The van der Waals surface area contributed by atoms with Crippen LogP contribution in [0.4, 0.5) is 5.69 Å². The number of ether oxygens (including phenoxy) is 1. The second kappa shape index (κ2) is 10.7. The highest BCUT2D eigenvalue weighted by atomic mass is 35.5. The lowest BCUT2D eigenvalue weighted by Gasteiger charge is -2.21. The summed E-state index contributed by atoms with van der Waals surface area (Å²) in [6.07, 6.45) is 8.99. The first kappa shape index (κ1) is 23.8. The van der Waals surface area contributed by atoms with Crippen LogP contribution < -0.4 is 20.7 Å². The topological polar surface area (TPSA) is 92.3 Å². The fourth-order valence-electron chi connectivity index (χ4n) is 4.27. The third-order valence-electron chi connectivity index (χ3n) is 6.25. The summed E-state index contributed by atoms with van der Waals surface area (Å²) in [4.78, 5) is 31.6. The van der Waals surface area contributed by atoms with E-state index in [2.05, 4.69) is 20.9 Å². The van der Waals surface area contributed by atoms with E-state index in [0.717, 1.165) is 30.6 Å². The molecule has 2 amide bonds. The maximum absolute atomic E-state index is 13.0. The lowest BCUT2D eigenvalue weighted by molar-refractivity contribution is -0.123. The molecule has 33 heavy (non-hydrogen) atoms. The van der Waals surface area contributed by atoms with Crippen molar-refractivity contribution in [3.8, 4) is 5.88 Å². The van der Waals surface area contributed by atoms with Gasteiger partial charge in [0.15, 0.2) is 0 Å². The average molecular weight is 491 g/mol. The predicted octanol–water partition coefficient (Wildman–Crippen LogP) is 4.94. The Bertz CT molecular complexity index is 988. The summed E-state index contributed by atoms with van der Waals surface area (Å²) in [7, 11) is 1.56. The molecule has 2 aliphatic carbocycles. The van der Waals surface area contributed by atoms with Crippen LogP contribution >= 0.6 is 22.9 Å². The molecule has 9 heteroatoms. The first-order valence-electron chi connectivity index (χ1n) is 11.6. The van der Waals surface area contributed by atoms with E-state index in [1.54, 1.807) is 13.2 Å². The molecule has 2 aromatic rings. The molecule has 2 heterocycles. The first-order chi connectivity index (χ1) is 15.9. The molecule has 0 spiro atoms. The molecular weight excluding hydrogens is 460 g/mol. The van der Waals surface area contributed by atoms with Crippen LogP contribution in [0.3, 0.4) is 0 Å². The van der Waals surface area contributed by atoms with Gasteiger partial charge in [0.25, 0.3) is 5.91 Å². The molecule has 3 N–H and O–H groups in total. The summed E-state index contributed by atoms with van der Waals surface area (Å²) in [5.41, 5.74) is 0.685. The fourth-order valence-corrected chi connectivity index (χ4v) is 5.35. The molecule has 0 aromatic carbocycles. The minimum atomic E-state index is -0.482. The molecule has 2 fully saturated rings. The number of rotatable bonds is 10. The molecule has 0 aliphatic heterocycles. The van der Waals surface area contributed by atoms with Gasteiger partial charge in [-0.3, -0.25) is 9.59 Å². The van der Waals surface area contributed by atoms with Crippen molar-refractivity contribution in [3.63, 3.8) is 0 Å². The molecular formula is C24H31ClN4O3S. The van der Waals surface area contributed by atoms with Gasteiger partial charge in [-0.15, -0.1) is 11.3 Å². The van der Waals surface area contributed by atoms with Gasteiger partial charge in [0, 0.05) is 17.1 Å². The molecule has 0 radical (unpaired) electrons. The Labute approximate surface area is 203 Å².